The largest absolute Gasteiger partial charge is 0.311 e. The first-order chi connectivity index (χ1) is 37.1. The van der Waals surface area contributed by atoms with Gasteiger partial charge in [-0.1, -0.05) is 169 Å². The minimum Gasteiger partial charge on any atom is -0.311 e. The molecule has 0 unspecified atom stereocenters. The zero-order chi connectivity index (χ0) is 55.9. The number of hydrogen-bond donors (Lipinski definition) is 0. The van der Waals surface area contributed by atoms with E-state index in [0.29, 0.717) is 5.56 Å². The van der Waals surface area contributed by atoms with Crippen molar-refractivity contribution in [1.29, 1.82) is 0 Å². The van der Waals surface area contributed by atoms with Gasteiger partial charge in [0.2, 0.25) is 0 Å². The number of anilines is 9. The van der Waals surface area contributed by atoms with Crippen molar-refractivity contribution < 1.29 is 4.11 Å². The number of rotatable bonds is 5. The van der Waals surface area contributed by atoms with Crippen LogP contribution in [0.3, 0.4) is 0 Å². The summed E-state index contributed by atoms with van der Waals surface area (Å²) in [6.07, 6.45) is 3.25. The van der Waals surface area contributed by atoms with Crippen LogP contribution in [0.15, 0.2) is 152 Å². The van der Waals surface area contributed by atoms with E-state index in [1.54, 1.807) is 0 Å². The van der Waals surface area contributed by atoms with Gasteiger partial charge in [0, 0.05) is 60.7 Å². The fourth-order valence-electron chi connectivity index (χ4n) is 15.0. The molecule has 8 aromatic carbocycles. The van der Waals surface area contributed by atoms with Gasteiger partial charge in [-0.2, -0.15) is 0 Å². The summed E-state index contributed by atoms with van der Waals surface area (Å²) in [6, 6.07) is 56.7. The maximum atomic E-state index is 9.38. The number of benzene rings is 8. The molecule has 2 heterocycles. The molecule has 0 atom stereocenters. The van der Waals surface area contributed by atoms with E-state index in [1.165, 1.54) is 66.6 Å². The highest BCUT2D eigenvalue weighted by atomic mass is 15.2. The Balaban J connectivity index is 1.15. The molecular weight excluding hydrogens is 918 g/mol. The number of fused-ring (bicyclic) bond motifs is 9. The molecule has 0 N–H and O–H groups in total. The monoisotopic (exact) mass is 997 g/mol. The van der Waals surface area contributed by atoms with E-state index in [-0.39, 0.29) is 39.2 Å². The molecule has 0 bridgehead atoms. The van der Waals surface area contributed by atoms with Crippen molar-refractivity contribution in [3.63, 3.8) is 0 Å². The van der Waals surface area contributed by atoms with Gasteiger partial charge in [0.1, 0.15) is 0 Å². The molecular formula is C72H76BN3. The lowest BCUT2D eigenvalue weighted by molar-refractivity contribution is 0.332. The van der Waals surface area contributed by atoms with E-state index in [2.05, 4.69) is 251 Å². The first kappa shape index (κ1) is 45.4. The third kappa shape index (κ3) is 7.14. The summed E-state index contributed by atoms with van der Waals surface area (Å²) in [6.45, 7) is 30.6. The van der Waals surface area contributed by atoms with E-state index < -0.39 is 6.85 Å². The van der Waals surface area contributed by atoms with Crippen LogP contribution in [0.25, 0.3) is 11.1 Å². The molecule has 76 heavy (non-hydrogen) atoms. The Kier molecular flexibility index (Phi) is 9.64. The number of aryl methyl sites for hydroxylation is 2. The number of para-hydroxylation sites is 2. The van der Waals surface area contributed by atoms with Gasteiger partial charge in [-0.3, -0.25) is 0 Å². The molecule has 3 aliphatic carbocycles. The highest BCUT2D eigenvalue weighted by Crippen LogP contribution is 2.56. The van der Waals surface area contributed by atoms with Gasteiger partial charge in [0.15, 0.2) is 0 Å². The lowest BCUT2D eigenvalue weighted by Gasteiger charge is -2.46. The third-order valence-electron chi connectivity index (χ3n) is 19.0. The van der Waals surface area contributed by atoms with Gasteiger partial charge in [0.05, 0.1) is 0 Å². The predicted octanol–water partition coefficient (Wildman–Crippen LogP) is 17.8. The number of hydrogen-bond acceptors (Lipinski definition) is 3. The Bertz CT molecular complexity index is 3820. The first-order valence-corrected chi connectivity index (χ1v) is 28.0. The minimum atomic E-state index is -2.41. The summed E-state index contributed by atoms with van der Waals surface area (Å²) >= 11 is 0. The molecule has 0 aromatic heterocycles. The summed E-state index contributed by atoms with van der Waals surface area (Å²) in [5, 5.41) is 0. The van der Waals surface area contributed by atoms with Crippen LogP contribution in [0, 0.1) is 13.8 Å². The molecule has 13 rings (SSSR count). The molecule has 0 amide bonds. The molecule has 0 saturated heterocycles. The molecule has 5 aliphatic rings. The van der Waals surface area contributed by atoms with Crippen LogP contribution in [-0.2, 0) is 32.5 Å². The van der Waals surface area contributed by atoms with Crippen LogP contribution < -0.4 is 31.1 Å². The van der Waals surface area contributed by atoms with Gasteiger partial charge in [0.25, 0.3) is 6.71 Å². The summed E-state index contributed by atoms with van der Waals surface area (Å²) in [5.41, 5.74) is 26.0. The zero-order valence-electron chi connectivity index (χ0n) is 50.5. The second kappa shape index (κ2) is 16.1. The maximum absolute atomic E-state index is 9.38. The van der Waals surface area contributed by atoms with Crippen molar-refractivity contribution >= 4 is 74.3 Å². The molecule has 382 valence electrons. The molecule has 3 nitrogen and oxygen atoms in total. The van der Waals surface area contributed by atoms with E-state index in [9.17, 15) is 4.11 Å². The Morgan fingerprint density at radius 3 is 1.68 bits per heavy atom. The maximum Gasteiger partial charge on any atom is 0.252 e. The van der Waals surface area contributed by atoms with Gasteiger partial charge < -0.3 is 14.7 Å². The van der Waals surface area contributed by atoms with Crippen LogP contribution in [0.2, 0.25) is 0 Å². The fourth-order valence-corrected chi connectivity index (χ4v) is 15.0. The molecule has 2 aliphatic heterocycles. The van der Waals surface area contributed by atoms with Crippen molar-refractivity contribution in [2.45, 2.75) is 156 Å². The van der Waals surface area contributed by atoms with Crippen LogP contribution >= 0.6 is 0 Å². The van der Waals surface area contributed by atoms with Gasteiger partial charge in [-0.15, -0.1) is 0 Å². The zero-order valence-corrected chi connectivity index (χ0v) is 47.5. The summed E-state index contributed by atoms with van der Waals surface area (Å²) < 4.78 is 28.1. The third-order valence-corrected chi connectivity index (χ3v) is 19.0. The Morgan fingerprint density at radius 1 is 0.474 bits per heavy atom. The second-order valence-corrected chi connectivity index (χ2v) is 27.5. The molecule has 0 radical (unpaired) electrons. The van der Waals surface area contributed by atoms with E-state index >= 15 is 0 Å². The normalized spacial score (nSPS) is 19.0. The van der Waals surface area contributed by atoms with Crippen molar-refractivity contribution in [3.8, 4) is 11.1 Å². The van der Waals surface area contributed by atoms with E-state index in [0.717, 1.165) is 75.9 Å². The van der Waals surface area contributed by atoms with E-state index in [1.807, 2.05) is 12.1 Å². The summed E-state index contributed by atoms with van der Waals surface area (Å²) in [7, 11) is 0. The highest BCUT2D eigenvalue weighted by molar-refractivity contribution is 7.00. The Hall–Kier alpha value is -6.78. The minimum absolute atomic E-state index is 0.0000353. The topological polar surface area (TPSA) is 9.72 Å². The van der Waals surface area contributed by atoms with Crippen molar-refractivity contribution in [3.05, 3.63) is 202 Å². The smallest absolute Gasteiger partial charge is 0.252 e. The second-order valence-electron chi connectivity index (χ2n) is 27.5. The lowest BCUT2D eigenvalue weighted by atomic mass is 9.33. The first-order valence-electron chi connectivity index (χ1n) is 29.5. The fraction of sp³-hybridized carbons (Fsp3) is 0.333. The standard InChI is InChI=1S/C72H76BN3/c1-44-34-64-66-65(35-44)76(61-41-57-55(36-45(61)2)68(6,7)32-33-69(57,8)9)63-42-58-56(70(10,11)43-71(58,12)13)40-60(63)73(66)59-31-28-50(74(47-22-18-16-19-23-47)48-24-20-17-21-25-48)39-62(59)75(64)49-27-30-53-52(38-49)51-29-26-46(67(3,4)5)37-54(51)72(53,14)15/h16-31,34-42H,32-33,43H2,1-15H3/i1D3. The molecule has 4 heteroatoms. The lowest BCUT2D eigenvalue weighted by Crippen LogP contribution is -2.61. The molecule has 0 fully saturated rings. The average Bonchev–Trinajstić information content (AvgIpc) is 3.09. The predicted molar refractivity (Wildman–Crippen MR) is 327 cm³/mol. The van der Waals surface area contributed by atoms with Crippen LogP contribution in [0.4, 0.5) is 51.2 Å². The Labute approximate surface area is 459 Å². The van der Waals surface area contributed by atoms with Crippen LogP contribution in [0.1, 0.15) is 163 Å². The quantitative estimate of drug-likeness (QED) is 0.159. The van der Waals surface area contributed by atoms with E-state index in [4.69, 9.17) is 0 Å². The average molecular weight is 997 g/mol. The van der Waals surface area contributed by atoms with Gasteiger partial charge in [-0.25, -0.2) is 0 Å². The Morgan fingerprint density at radius 2 is 1.05 bits per heavy atom. The molecule has 8 aromatic rings. The summed E-state index contributed by atoms with van der Waals surface area (Å²) in [5.74, 6) is 0. The molecule has 0 saturated carbocycles. The van der Waals surface area contributed by atoms with Crippen molar-refractivity contribution in [2.24, 2.45) is 0 Å². The highest BCUT2D eigenvalue weighted by Gasteiger charge is 2.49. The van der Waals surface area contributed by atoms with Gasteiger partial charge in [-0.05, 0) is 210 Å². The van der Waals surface area contributed by atoms with Crippen molar-refractivity contribution in [1.82, 2.24) is 0 Å². The van der Waals surface area contributed by atoms with Crippen LogP contribution in [-0.4, -0.2) is 6.71 Å². The van der Waals surface area contributed by atoms with Crippen molar-refractivity contribution in [2.75, 3.05) is 14.7 Å². The van der Waals surface area contributed by atoms with Gasteiger partial charge >= 0.3 is 0 Å². The SMILES string of the molecule is [2H]C([2H])([2H])c1cc2c3c(c1)N(c1cc4c(cc1C)C(C)(C)CCC4(C)C)c1cc4c(cc1B3c1ccc(N(c3ccccc3)c3ccccc3)cc1N2c1ccc2c(c1)-c1ccc(C(C)(C)C)cc1C2(C)C)C(C)(C)CC4(C)C. The number of nitrogens with zero attached hydrogens (tertiary/aromatic N) is 3. The summed E-state index contributed by atoms with van der Waals surface area (Å²) in [4.78, 5) is 7.29. The van der Waals surface area contributed by atoms with Crippen LogP contribution in [0.5, 0.6) is 0 Å². The molecule has 0 spiro atoms.